The first-order chi connectivity index (χ1) is 8.27. The van der Waals surface area contributed by atoms with Crippen molar-refractivity contribution in [3.05, 3.63) is 0 Å². The van der Waals surface area contributed by atoms with Crippen LogP contribution in [0.1, 0.15) is 46.0 Å². The average molecular weight is 293 g/mol. The third kappa shape index (κ3) is 4.46. The standard InChI is InChI=1S/C11H23N3O2S2/c1-9(2)8-13-18(15,16)14-11(10(12)17)6-4-3-5-7-11/h9,13-14H,3-8H2,1-2H3,(H2,12,17). The second kappa shape index (κ2) is 6.27. The van der Waals surface area contributed by atoms with Crippen molar-refractivity contribution in [1.82, 2.24) is 9.44 Å². The van der Waals surface area contributed by atoms with Gasteiger partial charge in [0.15, 0.2) is 0 Å². The van der Waals surface area contributed by atoms with E-state index < -0.39 is 15.7 Å². The highest BCUT2D eigenvalue weighted by Gasteiger charge is 2.38. The molecule has 1 rings (SSSR count). The lowest BCUT2D eigenvalue weighted by Crippen LogP contribution is -2.60. The Morgan fingerprint density at radius 2 is 1.89 bits per heavy atom. The third-order valence-corrected chi connectivity index (χ3v) is 4.79. The minimum Gasteiger partial charge on any atom is -0.392 e. The van der Waals surface area contributed by atoms with Crippen molar-refractivity contribution in [3.63, 3.8) is 0 Å². The molecule has 0 aromatic rings. The Kier molecular flexibility index (Phi) is 5.51. The highest BCUT2D eigenvalue weighted by Crippen LogP contribution is 2.29. The van der Waals surface area contributed by atoms with Gasteiger partial charge >= 0.3 is 0 Å². The van der Waals surface area contributed by atoms with Gasteiger partial charge in [-0.15, -0.1) is 0 Å². The van der Waals surface area contributed by atoms with Crippen molar-refractivity contribution in [2.75, 3.05) is 6.54 Å². The van der Waals surface area contributed by atoms with Crippen LogP contribution in [0.4, 0.5) is 0 Å². The Morgan fingerprint density at radius 1 is 1.33 bits per heavy atom. The summed E-state index contributed by atoms with van der Waals surface area (Å²) in [6, 6.07) is 0. The molecule has 4 N–H and O–H groups in total. The van der Waals surface area contributed by atoms with Gasteiger partial charge in [-0.05, 0) is 18.8 Å². The van der Waals surface area contributed by atoms with Gasteiger partial charge in [-0.1, -0.05) is 45.3 Å². The van der Waals surface area contributed by atoms with Crippen LogP contribution in [0.3, 0.4) is 0 Å². The molecule has 0 spiro atoms. The van der Waals surface area contributed by atoms with Crippen LogP contribution >= 0.6 is 12.2 Å². The van der Waals surface area contributed by atoms with Crippen LogP contribution in [-0.2, 0) is 10.2 Å². The first kappa shape index (κ1) is 15.8. The van der Waals surface area contributed by atoms with Gasteiger partial charge in [0, 0.05) is 6.54 Å². The minimum absolute atomic E-state index is 0.247. The summed E-state index contributed by atoms with van der Waals surface area (Å²) in [5.41, 5.74) is 5.00. The first-order valence-corrected chi connectivity index (χ1v) is 8.25. The molecule has 0 atom stereocenters. The van der Waals surface area contributed by atoms with Crippen molar-refractivity contribution >= 4 is 27.4 Å². The number of nitrogens with two attached hydrogens (primary N) is 1. The number of hydrogen-bond acceptors (Lipinski definition) is 3. The quantitative estimate of drug-likeness (QED) is 0.639. The van der Waals surface area contributed by atoms with E-state index in [4.69, 9.17) is 18.0 Å². The van der Waals surface area contributed by atoms with E-state index in [9.17, 15) is 8.42 Å². The topological polar surface area (TPSA) is 84.2 Å². The summed E-state index contributed by atoms with van der Waals surface area (Å²) in [6.07, 6.45) is 4.37. The maximum atomic E-state index is 12.0. The molecule has 5 nitrogen and oxygen atoms in total. The van der Waals surface area contributed by atoms with Crippen LogP contribution in [-0.4, -0.2) is 25.5 Å². The molecule has 0 bridgehead atoms. The molecule has 7 heteroatoms. The van der Waals surface area contributed by atoms with E-state index in [0.29, 0.717) is 19.4 Å². The molecular formula is C11H23N3O2S2. The highest BCUT2D eigenvalue weighted by molar-refractivity contribution is 7.87. The van der Waals surface area contributed by atoms with Crippen molar-refractivity contribution in [3.8, 4) is 0 Å². The molecule has 1 aliphatic rings. The third-order valence-electron chi connectivity index (χ3n) is 3.19. The summed E-state index contributed by atoms with van der Waals surface area (Å²) in [6.45, 7) is 4.31. The Labute approximate surface area is 115 Å². The summed E-state index contributed by atoms with van der Waals surface area (Å²) < 4.78 is 29.1. The molecule has 18 heavy (non-hydrogen) atoms. The zero-order chi connectivity index (χ0) is 13.8. The fraction of sp³-hybridized carbons (Fsp3) is 0.909. The summed E-state index contributed by atoms with van der Waals surface area (Å²) in [5.74, 6) is 0.258. The van der Waals surface area contributed by atoms with E-state index in [1.807, 2.05) is 13.8 Å². The Morgan fingerprint density at radius 3 is 2.33 bits per heavy atom. The van der Waals surface area contributed by atoms with Gasteiger partial charge < -0.3 is 5.73 Å². The van der Waals surface area contributed by atoms with E-state index in [0.717, 1.165) is 19.3 Å². The lowest BCUT2D eigenvalue weighted by atomic mass is 9.82. The molecular weight excluding hydrogens is 270 g/mol. The maximum Gasteiger partial charge on any atom is 0.277 e. The lowest BCUT2D eigenvalue weighted by molar-refractivity contribution is 0.351. The molecule has 0 radical (unpaired) electrons. The summed E-state index contributed by atoms with van der Waals surface area (Å²) >= 11 is 5.05. The van der Waals surface area contributed by atoms with Crippen molar-refractivity contribution in [1.29, 1.82) is 0 Å². The molecule has 0 saturated heterocycles. The zero-order valence-corrected chi connectivity index (χ0v) is 12.7. The molecule has 106 valence electrons. The van der Waals surface area contributed by atoms with Gasteiger partial charge in [-0.3, -0.25) is 0 Å². The zero-order valence-electron chi connectivity index (χ0n) is 11.0. The van der Waals surface area contributed by atoms with Crippen LogP contribution in [0.15, 0.2) is 0 Å². The molecule has 0 aromatic carbocycles. The van der Waals surface area contributed by atoms with E-state index in [-0.39, 0.29) is 10.9 Å². The second-order valence-corrected chi connectivity index (χ2v) is 7.29. The van der Waals surface area contributed by atoms with Gasteiger partial charge in [0.25, 0.3) is 10.2 Å². The van der Waals surface area contributed by atoms with E-state index in [1.165, 1.54) is 0 Å². The van der Waals surface area contributed by atoms with Gasteiger partial charge in [-0.2, -0.15) is 13.1 Å². The predicted octanol–water partition coefficient (Wildman–Crippen LogP) is 1.06. The van der Waals surface area contributed by atoms with Crippen molar-refractivity contribution in [2.24, 2.45) is 11.7 Å². The normalized spacial score (nSPS) is 19.9. The van der Waals surface area contributed by atoms with Crippen LogP contribution in [0.25, 0.3) is 0 Å². The van der Waals surface area contributed by atoms with Crippen LogP contribution < -0.4 is 15.2 Å². The molecule has 1 fully saturated rings. The average Bonchev–Trinajstić information content (AvgIpc) is 2.27. The van der Waals surface area contributed by atoms with Gasteiger partial charge in [0.05, 0.1) is 10.5 Å². The first-order valence-electron chi connectivity index (χ1n) is 6.36. The van der Waals surface area contributed by atoms with Crippen molar-refractivity contribution in [2.45, 2.75) is 51.5 Å². The number of thiocarbonyl (C=S) groups is 1. The smallest absolute Gasteiger partial charge is 0.277 e. The summed E-state index contributed by atoms with van der Waals surface area (Å²) in [5, 5.41) is 0. The molecule has 0 unspecified atom stereocenters. The molecule has 0 aliphatic heterocycles. The lowest BCUT2D eigenvalue weighted by Gasteiger charge is -2.36. The minimum atomic E-state index is -3.55. The number of hydrogen-bond donors (Lipinski definition) is 3. The molecule has 1 aliphatic carbocycles. The number of nitrogens with one attached hydrogen (secondary N) is 2. The van der Waals surface area contributed by atoms with Gasteiger partial charge in [-0.25, -0.2) is 4.72 Å². The summed E-state index contributed by atoms with van der Waals surface area (Å²) in [4.78, 5) is 0.247. The fourth-order valence-electron chi connectivity index (χ4n) is 2.12. The molecule has 0 amide bonds. The predicted molar refractivity (Wildman–Crippen MR) is 77.5 cm³/mol. The largest absolute Gasteiger partial charge is 0.392 e. The number of rotatable bonds is 6. The monoisotopic (exact) mass is 293 g/mol. The molecule has 0 aromatic heterocycles. The Hall–Kier alpha value is -0.240. The highest BCUT2D eigenvalue weighted by atomic mass is 32.2. The van der Waals surface area contributed by atoms with Crippen LogP contribution in [0.2, 0.25) is 0 Å². The van der Waals surface area contributed by atoms with Crippen LogP contribution in [0.5, 0.6) is 0 Å². The Balaban J connectivity index is 2.74. The van der Waals surface area contributed by atoms with Gasteiger partial charge in [0.2, 0.25) is 0 Å². The molecule has 0 heterocycles. The fourth-order valence-corrected chi connectivity index (χ4v) is 3.90. The van der Waals surface area contributed by atoms with Crippen LogP contribution in [0, 0.1) is 5.92 Å². The van der Waals surface area contributed by atoms with Gasteiger partial charge in [0.1, 0.15) is 0 Å². The maximum absolute atomic E-state index is 12.0. The van der Waals surface area contributed by atoms with E-state index >= 15 is 0 Å². The van der Waals surface area contributed by atoms with E-state index in [2.05, 4.69) is 9.44 Å². The SMILES string of the molecule is CC(C)CNS(=O)(=O)NC1(C(N)=S)CCCCC1. The Bertz CT molecular complexity index is 387. The molecule has 1 saturated carbocycles. The summed E-state index contributed by atoms with van der Waals surface area (Å²) in [7, 11) is -3.55. The van der Waals surface area contributed by atoms with E-state index in [1.54, 1.807) is 0 Å². The van der Waals surface area contributed by atoms with Crippen molar-refractivity contribution < 1.29 is 8.42 Å². The second-order valence-electron chi connectivity index (χ2n) is 5.35.